The summed E-state index contributed by atoms with van der Waals surface area (Å²) in [6, 6.07) is 17.4. The molecule has 0 spiro atoms. The van der Waals surface area contributed by atoms with E-state index in [9.17, 15) is 9.59 Å². The van der Waals surface area contributed by atoms with Crippen molar-refractivity contribution in [2.75, 3.05) is 14.2 Å². The van der Waals surface area contributed by atoms with Gasteiger partial charge in [-0.2, -0.15) is 0 Å². The monoisotopic (exact) mass is 478 g/mol. The van der Waals surface area contributed by atoms with Crippen LogP contribution in [0.2, 0.25) is 0 Å². The molecular formula is C25H30N6O4. The van der Waals surface area contributed by atoms with Crippen LogP contribution in [0.25, 0.3) is 20.9 Å². The first-order chi connectivity index (χ1) is 17.0. The number of rotatable bonds is 14. The fraction of sp³-hybridized carbons (Fsp3) is 0.440. The Hall–Kier alpha value is -4.00. The molecule has 0 amide bonds. The maximum Gasteiger partial charge on any atom is 0.308 e. The summed E-state index contributed by atoms with van der Waals surface area (Å²) in [6.07, 6.45) is 1.96. The van der Waals surface area contributed by atoms with Crippen LogP contribution in [0.15, 0.2) is 70.9 Å². The number of benzene rings is 2. The van der Waals surface area contributed by atoms with Gasteiger partial charge >= 0.3 is 11.9 Å². The molecule has 0 bridgehead atoms. The average molecular weight is 479 g/mol. The molecule has 0 aromatic heterocycles. The van der Waals surface area contributed by atoms with Crippen LogP contribution >= 0.6 is 0 Å². The normalized spacial score (nSPS) is 13.8. The second-order valence-electron chi connectivity index (χ2n) is 8.11. The zero-order valence-electron chi connectivity index (χ0n) is 19.9. The SMILES string of the molecule is COC(=O)C(CCCC(CC(N=[N+]=[N-])c1ccccc1)C(=O)OC)CC(N=[N+]=[N-])c1ccccc1. The zero-order chi connectivity index (χ0) is 25.5. The molecule has 0 heterocycles. The quantitative estimate of drug-likeness (QED) is 0.130. The third-order valence-corrected chi connectivity index (χ3v) is 5.94. The third-order valence-electron chi connectivity index (χ3n) is 5.94. The first-order valence-electron chi connectivity index (χ1n) is 11.4. The number of hydrogen-bond acceptors (Lipinski definition) is 6. The van der Waals surface area contributed by atoms with Crippen LogP contribution < -0.4 is 0 Å². The number of esters is 2. The minimum absolute atomic E-state index is 0.287. The maximum atomic E-state index is 12.5. The Labute approximate surface area is 204 Å². The lowest BCUT2D eigenvalue weighted by molar-refractivity contribution is -0.146. The van der Waals surface area contributed by atoms with Crippen molar-refractivity contribution in [3.8, 4) is 0 Å². The molecular weight excluding hydrogens is 448 g/mol. The minimum atomic E-state index is -0.519. The standard InChI is InChI=1S/C25H30N6O4/c1-34-24(32)20(16-22(28-30-26)18-10-5-3-6-11-18)14-9-15-21(25(33)35-2)17-23(29-31-27)19-12-7-4-8-13-19/h3-8,10-13,20-23H,9,14-17H2,1-2H3. The van der Waals surface area contributed by atoms with E-state index in [4.69, 9.17) is 20.5 Å². The molecule has 2 aromatic rings. The van der Waals surface area contributed by atoms with Gasteiger partial charge in [0.05, 0.1) is 38.1 Å². The Morgan fingerprint density at radius 1 is 0.743 bits per heavy atom. The van der Waals surface area contributed by atoms with E-state index in [1.54, 1.807) is 0 Å². The molecule has 4 atom stereocenters. The van der Waals surface area contributed by atoms with Crippen LogP contribution in [0.3, 0.4) is 0 Å². The summed E-state index contributed by atoms with van der Waals surface area (Å²) in [5, 5.41) is 7.76. The summed E-state index contributed by atoms with van der Waals surface area (Å²) in [6.45, 7) is 0. The molecule has 0 aliphatic carbocycles. The van der Waals surface area contributed by atoms with Gasteiger partial charge in [0.15, 0.2) is 0 Å². The first-order valence-corrected chi connectivity index (χ1v) is 11.4. The summed E-state index contributed by atoms with van der Waals surface area (Å²) in [7, 11) is 2.64. The van der Waals surface area contributed by atoms with E-state index < -0.39 is 35.9 Å². The number of ether oxygens (including phenoxy) is 2. The summed E-state index contributed by atoms with van der Waals surface area (Å²) >= 11 is 0. The largest absolute Gasteiger partial charge is 0.469 e. The van der Waals surface area contributed by atoms with Crippen molar-refractivity contribution in [2.24, 2.45) is 22.1 Å². The van der Waals surface area contributed by atoms with Crippen molar-refractivity contribution in [1.29, 1.82) is 0 Å². The van der Waals surface area contributed by atoms with Crippen LogP contribution in [0, 0.1) is 11.8 Å². The molecule has 0 saturated carbocycles. The van der Waals surface area contributed by atoms with Crippen molar-refractivity contribution in [2.45, 2.75) is 44.2 Å². The number of hydrogen-bond donors (Lipinski definition) is 0. The molecule has 10 heteroatoms. The van der Waals surface area contributed by atoms with Crippen LogP contribution in [0.5, 0.6) is 0 Å². The van der Waals surface area contributed by atoms with Gasteiger partial charge in [0.2, 0.25) is 0 Å². The second kappa shape index (κ2) is 15.0. The Kier molecular flexibility index (Phi) is 11.7. The van der Waals surface area contributed by atoms with Gasteiger partial charge in [-0.3, -0.25) is 9.59 Å². The highest BCUT2D eigenvalue weighted by molar-refractivity contribution is 5.73. The fourth-order valence-electron chi connectivity index (χ4n) is 4.12. The molecule has 0 aliphatic rings. The number of carbonyl (C=O) groups is 2. The van der Waals surface area contributed by atoms with Crippen molar-refractivity contribution in [1.82, 2.24) is 0 Å². The van der Waals surface area contributed by atoms with Crippen molar-refractivity contribution >= 4 is 11.9 Å². The van der Waals surface area contributed by atoms with Gasteiger partial charge in [0.25, 0.3) is 0 Å². The van der Waals surface area contributed by atoms with Crippen LogP contribution in [0.1, 0.15) is 55.3 Å². The van der Waals surface area contributed by atoms with E-state index in [0.717, 1.165) is 11.1 Å². The molecule has 4 unspecified atom stereocenters. The van der Waals surface area contributed by atoms with Gasteiger partial charge in [-0.15, -0.1) is 0 Å². The van der Waals surface area contributed by atoms with E-state index in [1.165, 1.54) is 14.2 Å². The molecule has 0 aliphatic heterocycles. The number of carbonyl (C=O) groups excluding carboxylic acids is 2. The molecule has 2 rings (SSSR count). The van der Waals surface area contributed by atoms with Crippen molar-refractivity contribution < 1.29 is 19.1 Å². The second-order valence-corrected chi connectivity index (χ2v) is 8.11. The maximum absolute atomic E-state index is 12.5. The lowest BCUT2D eigenvalue weighted by atomic mass is 9.87. The van der Waals surface area contributed by atoms with Gasteiger partial charge in [-0.1, -0.05) is 77.3 Å². The molecule has 0 N–H and O–H groups in total. The van der Waals surface area contributed by atoms with E-state index >= 15 is 0 Å². The molecule has 0 saturated heterocycles. The van der Waals surface area contributed by atoms with Gasteiger partial charge < -0.3 is 9.47 Å². The predicted molar refractivity (Wildman–Crippen MR) is 131 cm³/mol. The average Bonchev–Trinajstić information content (AvgIpc) is 2.90. The zero-order valence-corrected chi connectivity index (χ0v) is 19.9. The van der Waals surface area contributed by atoms with E-state index in [-0.39, 0.29) is 12.8 Å². The number of azide groups is 2. The summed E-state index contributed by atoms with van der Waals surface area (Å²) in [4.78, 5) is 30.9. The summed E-state index contributed by atoms with van der Waals surface area (Å²) in [5.74, 6) is -1.83. The molecule has 184 valence electrons. The predicted octanol–water partition coefficient (Wildman–Crippen LogP) is 6.62. The molecule has 35 heavy (non-hydrogen) atoms. The van der Waals surface area contributed by atoms with Crippen molar-refractivity contribution in [3.05, 3.63) is 92.7 Å². The molecule has 10 nitrogen and oxygen atoms in total. The Bertz CT molecular complexity index is 953. The highest BCUT2D eigenvalue weighted by Crippen LogP contribution is 2.32. The highest BCUT2D eigenvalue weighted by atomic mass is 16.5. The Morgan fingerprint density at radius 2 is 1.11 bits per heavy atom. The van der Waals surface area contributed by atoms with Gasteiger partial charge in [-0.05, 0) is 47.9 Å². The number of nitrogens with zero attached hydrogens (tertiary/aromatic N) is 6. The first kappa shape index (κ1) is 27.2. The molecule has 0 radical (unpaired) electrons. The van der Waals surface area contributed by atoms with Crippen LogP contribution in [-0.2, 0) is 19.1 Å². The smallest absolute Gasteiger partial charge is 0.308 e. The van der Waals surface area contributed by atoms with E-state index in [2.05, 4.69) is 20.1 Å². The highest BCUT2D eigenvalue weighted by Gasteiger charge is 2.27. The van der Waals surface area contributed by atoms with E-state index in [1.807, 2.05) is 60.7 Å². The summed E-state index contributed by atoms with van der Waals surface area (Å²) in [5.41, 5.74) is 19.7. The van der Waals surface area contributed by atoms with Gasteiger partial charge in [0, 0.05) is 9.82 Å². The topological polar surface area (TPSA) is 150 Å². The summed E-state index contributed by atoms with van der Waals surface area (Å²) < 4.78 is 9.97. The van der Waals surface area contributed by atoms with Crippen LogP contribution in [0.4, 0.5) is 0 Å². The lowest BCUT2D eigenvalue weighted by Gasteiger charge is -2.22. The van der Waals surface area contributed by atoms with Gasteiger partial charge in [0.1, 0.15) is 0 Å². The lowest BCUT2D eigenvalue weighted by Crippen LogP contribution is -2.21. The van der Waals surface area contributed by atoms with E-state index in [0.29, 0.717) is 19.3 Å². The third kappa shape index (κ3) is 8.70. The van der Waals surface area contributed by atoms with Crippen molar-refractivity contribution in [3.63, 3.8) is 0 Å². The van der Waals surface area contributed by atoms with Gasteiger partial charge in [-0.25, -0.2) is 0 Å². The fourth-order valence-corrected chi connectivity index (χ4v) is 4.12. The Morgan fingerprint density at radius 3 is 1.43 bits per heavy atom. The molecule has 2 aromatic carbocycles. The number of methoxy groups -OCH3 is 2. The Balaban J connectivity index is 2.11. The molecule has 0 fully saturated rings. The minimum Gasteiger partial charge on any atom is -0.469 e. The van der Waals surface area contributed by atoms with Crippen LogP contribution in [-0.4, -0.2) is 26.2 Å².